The Bertz CT molecular complexity index is 475. The molecule has 2 rings (SSSR count). The van der Waals surface area contributed by atoms with Crippen molar-refractivity contribution in [2.45, 2.75) is 0 Å². The van der Waals surface area contributed by atoms with Crippen molar-refractivity contribution in [3.63, 3.8) is 0 Å². The Labute approximate surface area is 78.9 Å². The van der Waals surface area contributed by atoms with E-state index in [1.807, 2.05) is 0 Å². The van der Waals surface area contributed by atoms with Crippen LogP contribution in [0.2, 0.25) is 5.02 Å². The van der Waals surface area contributed by atoms with E-state index in [0.29, 0.717) is 0 Å². The van der Waals surface area contributed by atoms with E-state index in [0.717, 1.165) is 10.9 Å². The molecule has 0 spiro atoms. The van der Waals surface area contributed by atoms with Gasteiger partial charge in [0, 0.05) is 17.1 Å². The summed E-state index contributed by atoms with van der Waals surface area (Å²) in [6, 6.07) is 4.94. The summed E-state index contributed by atoms with van der Waals surface area (Å²) in [5, 5.41) is 9.79. The SMILES string of the molecule is O=C(O)c1ccc2[nH]ccc2c1Cl. The average Bonchev–Trinajstić information content (AvgIpc) is 2.52. The van der Waals surface area contributed by atoms with Crippen molar-refractivity contribution in [1.82, 2.24) is 4.98 Å². The molecule has 0 amide bonds. The molecule has 1 aromatic carbocycles. The van der Waals surface area contributed by atoms with Crippen LogP contribution in [0, 0.1) is 0 Å². The average molecular weight is 196 g/mol. The zero-order valence-corrected chi connectivity index (χ0v) is 7.30. The van der Waals surface area contributed by atoms with Crippen LogP contribution in [0.25, 0.3) is 10.9 Å². The van der Waals surface area contributed by atoms with Crippen LogP contribution in [0.15, 0.2) is 24.4 Å². The van der Waals surface area contributed by atoms with Gasteiger partial charge in [-0.3, -0.25) is 0 Å². The first-order valence-electron chi connectivity index (χ1n) is 3.69. The van der Waals surface area contributed by atoms with Gasteiger partial charge in [0.05, 0.1) is 10.6 Å². The molecule has 1 aromatic heterocycles. The van der Waals surface area contributed by atoms with Crippen molar-refractivity contribution in [3.8, 4) is 0 Å². The number of halogens is 1. The molecule has 0 saturated heterocycles. The molecular formula is C9H6ClNO2. The predicted octanol–water partition coefficient (Wildman–Crippen LogP) is 2.52. The molecule has 0 aliphatic heterocycles. The first-order valence-corrected chi connectivity index (χ1v) is 4.07. The molecule has 0 aliphatic rings. The fraction of sp³-hybridized carbons (Fsp3) is 0. The molecule has 0 aliphatic carbocycles. The summed E-state index contributed by atoms with van der Waals surface area (Å²) < 4.78 is 0. The maximum atomic E-state index is 10.7. The molecule has 0 radical (unpaired) electrons. The molecule has 66 valence electrons. The summed E-state index contributed by atoms with van der Waals surface area (Å²) in [5.41, 5.74) is 0.976. The highest BCUT2D eigenvalue weighted by atomic mass is 35.5. The van der Waals surface area contributed by atoms with Gasteiger partial charge in [-0.05, 0) is 18.2 Å². The largest absolute Gasteiger partial charge is 0.478 e. The van der Waals surface area contributed by atoms with E-state index in [2.05, 4.69) is 4.98 Å². The van der Waals surface area contributed by atoms with E-state index >= 15 is 0 Å². The Morgan fingerprint density at radius 1 is 1.38 bits per heavy atom. The van der Waals surface area contributed by atoms with Crippen molar-refractivity contribution in [2.24, 2.45) is 0 Å². The first-order chi connectivity index (χ1) is 6.20. The lowest BCUT2D eigenvalue weighted by Crippen LogP contribution is -1.96. The minimum atomic E-state index is -1.01. The summed E-state index contributed by atoms with van der Waals surface area (Å²) in [7, 11) is 0. The zero-order chi connectivity index (χ0) is 9.42. The Morgan fingerprint density at radius 2 is 2.15 bits per heavy atom. The minimum Gasteiger partial charge on any atom is -0.478 e. The van der Waals surface area contributed by atoms with E-state index in [-0.39, 0.29) is 10.6 Å². The summed E-state index contributed by atoms with van der Waals surface area (Å²) >= 11 is 5.88. The second-order valence-electron chi connectivity index (χ2n) is 2.67. The molecule has 0 saturated carbocycles. The lowest BCUT2D eigenvalue weighted by Gasteiger charge is -1.98. The maximum absolute atomic E-state index is 10.7. The number of hydrogen-bond donors (Lipinski definition) is 2. The summed E-state index contributed by atoms with van der Waals surface area (Å²) in [6.07, 6.45) is 1.72. The Balaban J connectivity index is 2.80. The van der Waals surface area contributed by atoms with E-state index in [1.54, 1.807) is 18.3 Å². The van der Waals surface area contributed by atoms with Gasteiger partial charge in [-0.1, -0.05) is 11.6 Å². The fourth-order valence-corrected chi connectivity index (χ4v) is 1.57. The number of hydrogen-bond acceptors (Lipinski definition) is 1. The van der Waals surface area contributed by atoms with Crippen LogP contribution in [0.1, 0.15) is 10.4 Å². The molecular weight excluding hydrogens is 190 g/mol. The second kappa shape index (κ2) is 2.78. The number of rotatable bonds is 1. The number of carboxylic acid groups (broad SMARTS) is 1. The number of aromatic nitrogens is 1. The summed E-state index contributed by atoms with van der Waals surface area (Å²) in [5.74, 6) is -1.01. The predicted molar refractivity (Wildman–Crippen MR) is 50.3 cm³/mol. The van der Waals surface area contributed by atoms with Crippen molar-refractivity contribution < 1.29 is 9.90 Å². The van der Waals surface area contributed by atoms with Gasteiger partial charge in [-0.2, -0.15) is 0 Å². The number of fused-ring (bicyclic) bond motifs is 1. The van der Waals surface area contributed by atoms with Gasteiger partial charge in [-0.15, -0.1) is 0 Å². The summed E-state index contributed by atoms with van der Waals surface area (Å²) in [4.78, 5) is 13.6. The highest BCUT2D eigenvalue weighted by Crippen LogP contribution is 2.26. The molecule has 0 atom stereocenters. The van der Waals surface area contributed by atoms with Gasteiger partial charge in [0.25, 0.3) is 0 Å². The molecule has 0 bridgehead atoms. The van der Waals surface area contributed by atoms with Gasteiger partial charge in [0.15, 0.2) is 0 Å². The third kappa shape index (κ3) is 1.17. The van der Waals surface area contributed by atoms with Crippen molar-refractivity contribution >= 4 is 28.5 Å². The third-order valence-corrected chi connectivity index (χ3v) is 2.31. The number of carboxylic acids is 1. The van der Waals surface area contributed by atoms with Gasteiger partial charge < -0.3 is 10.1 Å². The van der Waals surface area contributed by atoms with Crippen LogP contribution in [0.5, 0.6) is 0 Å². The zero-order valence-electron chi connectivity index (χ0n) is 6.54. The van der Waals surface area contributed by atoms with Crippen molar-refractivity contribution in [3.05, 3.63) is 35.0 Å². The van der Waals surface area contributed by atoms with E-state index in [1.165, 1.54) is 6.07 Å². The molecule has 4 heteroatoms. The Hall–Kier alpha value is -1.48. The molecule has 3 nitrogen and oxygen atoms in total. The van der Waals surface area contributed by atoms with Crippen LogP contribution < -0.4 is 0 Å². The number of H-pyrrole nitrogens is 1. The van der Waals surface area contributed by atoms with E-state index < -0.39 is 5.97 Å². The van der Waals surface area contributed by atoms with Crippen LogP contribution in [-0.2, 0) is 0 Å². The second-order valence-corrected chi connectivity index (χ2v) is 3.05. The Kier molecular flexibility index (Phi) is 1.74. The molecule has 1 heterocycles. The van der Waals surface area contributed by atoms with Crippen LogP contribution >= 0.6 is 11.6 Å². The highest BCUT2D eigenvalue weighted by molar-refractivity contribution is 6.38. The van der Waals surface area contributed by atoms with Crippen molar-refractivity contribution in [2.75, 3.05) is 0 Å². The standard InChI is InChI=1S/C9H6ClNO2/c10-8-5-3-4-11-7(5)2-1-6(8)9(12)13/h1-4,11H,(H,12,13). The topological polar surface area (TPSA) is 53.1 Å². The molecule has 0 fully saturated rings. The first kappa shape index (κ1) is 8.13. The smallest absolute Gasteiger partial charge is 0.337 e. The maximum Gasteiger partial charge on any atom is 0.337 e. The van der Waals surface area contributed by atoms with Crippen LogP contribution in [-0.4, -0.2) is 16.1 Å². The molecule has 2 aromatic rings. The number of nitrogens with one attached hydrogen (secondary N) is 1. The monoisotopic (exact) mass is 195 g/mol. The van der Waals surface area contributed by atoms with Crippen LogP contribution in [0.4, 0.5) is 0 Å². The molecule has 0 unspecified atom stereocenters. The number of aromatic amines is 1. The number of aromatic carboxylic acids is 1. The number of benzene rings is 1. The van der Waals surface area contributed by atoms with E-state index in [4.69, 9.17) is 16.7 Å². The summed E-state index contributed by atoms with van der Waals surface area (Å²) in [6.45, 7) is 0. The van der Waals surface area contributed by atoms with Crippen molar-refractivity contribution in [1.29, 1.82) is 0 Å². The highest BCUT2D eigenvalue weighted by Gasteiger charge is 2.11. The lowest BCUT2D eigenvalue weighted by molar-refractivity contribution is 0.0697. The lowest BCUT2D eigenvalue weighted by atomic mass is 10.1. The minimum absolute atomic E-state index is 0.133. The van der Waals surface area contributed by atoms with Gasteiger partial charge in [0.1, 0.15) is 0 Å². The van der Waals surface area contributed by atoms with Crippen LogP contribution in [0.3, 0.4) is 0 Å². The third-order valence-electron chi connectivity index (χ3n) is 1.90. The quantitative estimate of drug-likeness (QED) is 0.735. The Morgan fingerprint density at radius 3 is 2.85 bits per heavy atom. The normalized spacial score (nSPS) is 10.5. The van der Waals surface area contributed by atoms with Gasteiger partial charge >= 0.3 is 5.97 Å². The molecule has 2 N–H and O–H groups in total. The van der Waals surface area contributed by atoms with E-state index in [9.17, 15) is 4.79 Å². The van der Waals surface area contributed by atoms with Gasteiger partial charge in [0.2, 0.25) is 0 Å². The number of carbonyl (C=O) groups is 1. The molecule has 13 heavy (non-hydrogen) atoms. The fourth-order valence-electron chi connectivity index (χ4n) is 1.26. The van der Waals surface area contributed by atoms with Gasteiger partial charge in [-0.25, -0.2) is 4.79 Å².